The largest absolute Gasteiger partial charge is 0.368 e. The molecule has 1 heterocycles. The first kappa shape index (κ1) is 25.3. The van der Waals surface area contributed by atoms with Gasteiger partial charge in [0.15, 0.2) is 0 Å². The Labute approximate surface area is 214 Å². The van der Waals surface area contributed by atoms with Crippen molar-refractivity contribution < 1.29 is 4.74 Å². The highest BCUT2D eigenvalue weighted by atomic mass is 32.2. The van der Waals surface area contributed by atoms with Gasteiger partial charge < -0.3 is 9.46 Å². The Kier molecular flexibility index (Phi) is 7.25. The zero-order valence-corrected chi connectivity index (χ0v) is 22.9. The van der Waals surface area contributed by atoms with Crippen LogP contribution in [0.1, 0.15) is 61.7 Å². The molecule has 0 aliphatic rings. The van der Waals surface area contributed by atoms with Gasteiger partial charge in [0.2, 0.25) is 0 Å². The molecule has 0 aliphatic heterocycles. The highest BCUT2D eigenvalue weighted by molar-refractivity contribution is 8.00. The molecule has 0 amide bonds. The molecule has 0 aliphatic carbocycles. The van der Waals surface area contributed by atoms with Crippen molar-refractivity contribution in [3.05, 3.63) is 88.6 Å². The van der Waals surface area contributed by atoms with E-state index in [-0.39, 0.29) is 11.7 Å². The average molecular weight is 485 g/mol. The van der Waals surface area contributed by atoms with E-state index in [1.807, 2.05) is 0 Å². The summed E-state index contributed by atoms with van der Waals surface area (Å²) in [5, 5.41) is 2.48. The zero-order chi connectivity index (χ0) is 25.3. The fraction of sp³-hybridized carbons (Fsp3) is 0.323. The molecular formula is C31H36N2OS. The predicted molar refractivity (Wildman–Crippen MR) is 151 cm³/mol. The summed E-state index contributed by atoms with van der Waals surface area (Å²) >= 11 is 1.60. The number of fused-ring (bicyclic) bond motifs is 1. The minimum atomic E-state index is -0.253. The standard InChI is InChI=1S/C31H36N2OS/c1-19-13-14-26(17-20(19)2)29-22(4)32-30(21(3)28(29)23(5)34-31(6,7)8)33-35-27-16-15-24-11-9-10-12-25(24)18-27/h9-18,23H,1-8H3,(H,32,33). The second-order valence-corrected chi connectivity index (χ2v) is 11.2. The second-order valence-electron chi connectivity index (χ2n) is 10.3. The number of pyridine rings is 1. The zero-order valence-electron chi connectivity index (χ0n) is 22.1. The van der Waals surface area contributed by atoms with Gasteiger partial charge in [0, 0.05) is 16.2 Å². The Morgan fingerprint density at radius 1 is 0.857 bits per heavy atom. The number of benzene rings is 3. The molecule has 1 aromatic heterocycles. The van der Waals surface area contributed by atoms with E-state index in [1.165, 1.54) is 38.6 Å². The molecular weight excluding hydrogens is 448 g/mol. The van der Waals surface area contributed by atoms with E-state index >= 15 is 0 Å². The molecule has 1 atom stereocenters. The Hall–Kier alpha value is -2.82. The monoisotopic (exact) mass is 484 g/mol. The fourth-order valence-electron chi connectivity index (χ4n) is 4.61. The topological polar surface area (TPSA) is 34.2 Å². The molecule has 0 saturated heterocycles. The number of nitrogens with one attached hydrogen (secondary N) is 1. The van der Waals surface area contributed by atoms with Gasteiger partial charge >= 0.3 is 0 Å². The van der Waals surface area contributed by atoms with Crippen molar-refractivity contribution in [2.45, 2.75) is 72.0 Å². The Balaban J connectivity index is 1.75. The van der Waals surface area contributed by atoms with Crippen LogP contribution in [0.15, 0.2) is 65.6 Å². The van der Waals surface area contributed by atoms with Crippen LogP contribution in [-0.4, -0.2) is 10.6 Å². The van der Waals surface area contributed by atoms with Gasteiger partial charge in [0.05, 0.1) is 11.7 Å². The summed E-state index contributed by atoms with van der Waals surface area (Å²) < 4.78 is 10.0. The van der Waals surface area contributed by atoms with Gasteiger partial charge in [0.1, 0.15) is 5.82 Å². The van der Waals surface area contributed by atoms with Crippen LogP contribution in [0.4, 0.5) is 5.82 Å². The normalized spacial score (nSPS) is 12.7. The van der Waals surface area contributed by atoms with Crippen LogP contribution in [-0.2, 0) is 4.74 Å². The molecule has 35 heavy (non-hydrogen) atoms. The molecule has 0 fully saturated rings. The lowest BCUT2D eigenvalue weighted by Crippen LogP contribution is -2.22. The average Bonchev–Trinajstić information content (AvgIpc) is 2.79. The summed E-state index contributed by atoms with van der Waals surface area (Å²) in [7, 11) is 0. The van der Waals surface area contributed by atoms with Crippen LogP contribution in [0.5, 0.6) is 0 Å². The van der Waals surface area contributed by atoms with Crippen LogP contribution in [0.25, 0.3) is 21.9 Å². The van der Waals surface area contributed by atoms with E-state index in [0.717, 1.165) is 22.0 Å². The van der Waals surface area contributed by atoms with Crippen molar-refractivity contribution in [1.29, 1.82) is 0 Å². The van der Waals surface area contributed by atoms with Crippen molar-refractivity contribution in [1.82, 2.24) is 4.98 Å². The van der Waals surface area contributed by atoms with Crippen LogP contribution in [0.3, 0.4) is 0 Å². The van der Waals surface area contributed by atoms with Gasteiger partial charge in [0.25, 0.3) is 0 Å². The number of hydrogen-bond acceptors (Lipinski definition) is 4. The number of aryl methyl sites for hydroxylation is 3. The molecule has 4 rings (SSSR count). The van der Waals surface area contributed by atoms with Crippen LogP contribution in [0, 0.1) is 27.7 Å². The molecule has 0 bridgehead atoms. The number of anilines is 1. The SMILES string of the molecule is Cc1ccc(-c2c(C)nc(NSc3ccc4ccccc4c3)c(C)c2C(C)OC(C)(C)C)cc1C. The third-order valence-electron chi connectivity index (χ3n) is 6.39. The van der Waals surface area contributed by atoms with Gasteiger partial charge in [-0.15, -0.1) is 0 Å². The molecule has 1 N–H and O–H groups in total. The summed E-state index contributed by atoms with van der Waals surface area (Å²) in [6.07, 6.45) is -0.0838. The molecule has 1 unspecified atom stereocenters. The van der Waals surface area contributed by atoms with E-state index < -0.39 is 0 Å². The van der Waals surface area contributed by atoms with E-state index in [4.69, 9.17) is 9.72 Å². The summed E-state index contributed by atoms with van der Waals surface area (Å²) in [6.45, 7) is 17.0. The number of rotatable bonds is 6. The summed E-state index contributed by atoms with van der Waals surface area (Å²) in [4.78, 5) is 6.18. The molecule has 4 heteroatoms. The summed E-state index contributed by atoms with van der Waals surface area (Å²) in [5.41, 5.74) is 7.99. The number of ether oxygens (including phenoxy) is 1. The van der Waals surface area contributed by atoms with Gasteiger partial charge in [-0.25, -0.2) is 4.98 Å². The van der Waals surface area contributed by atoms with Gasteiger partial charge in [-0.05, 0) is 118 Å². The van der Waals surface area contributed by atoms with E-state index in [1.54, 1.807) is 11.9 Å². The molecule has 0 saturated carbocycles. The smallest absolute Gasteiger partial charge is 0.139 e. The predicted octanol–water partition coefficient (Wildman–Crippen LogP) is 9.13. The molecule has 3 nitrogen and oxygen atoms in total. The number of nitrogens with zero attached hydrogens (tertiary/aromatic N) is 1. The first-order chi connectivity index (χ1) is 16.5. The first-order valence-corrected chi connectivity index (χ1v) is 13.0. The lowest BCUT2D eigenvalue weighted by atomic mass is 9.90. The Morgan fingerprint density at radius 2 is 1.57 bits per heavy atom. The highest BCUT2D eigenvalue weighted by Crippen LogP contribution is 2.40. The molecule has 4 aromatic rings. The number of aromatic nitrogens is 1. The second kappa shape index (κ2) is 10.0. The van der Waals surface area contributed by atoms with Gasteiger partial charge in [-0.3, -0.25) is 0 Å². The van der Waals surface area contributed by atoms with Crippen LogP contribution >= 0.6 is 11.9 Å². The molecule has 182 valence electrons. The fourth-order valence-corrected chi connectivity index (χ4v) is 5.35. The molecule has 0 spiro atoms. The third-order valence-corrected chi connectivity index (χ3v) is 7.17. The quantitative estimate of drug-likeness (QED) is 0.277. The maximum Gasteiger partial charge on any atom is 0.139 e. The molecule has 3 aromatic carbocycles. The minimum Gasteiger partial charge on any atom is -0.368 e. The number of hydrogen-bond donors (Lipinski definition) is 1. The lowest BCUT2D eigenvalue weighted by Gasteiger charge is -2.29. The van der Waals surface area contributed by atoms with Gasteiger partial charge in [-0.2, -0.15) is 0 Å². The third kappa shape index (κ3) is 5.71. The van der Waals surface area contributed by atoms with Crippen LogP contribution in [0.2, 0.25) is 0 Å². The van der Waals surface area contributed by atoms with Crippen molar-refractivity contribution in [3.63, 3.8) is 0 Å². The minimum absolute atomic E-state index is 0.0838. The Bertz CT molecular complexity index is 1370. The Morgan fingerprint density at radius 3 is 2.26 bits per heavy atom. The van der Waals surface area contributed by atoms with Crippen molar-refractivity contribution >= 4 is 28.5 Å². The molecule has 0 radical (unpaired) electrons. The highest BCUT2D eigenvalue weighted by Gasteiger charge is 2.25. The van der Waals surface area contributed by atoms with E-state index in [2.05, 4.69) is 121 Å². The lowest BCUT2D eigenvalue weighted by molar-refractivity contribution is -0.0529. The van der Waals surface area contributed by atoms with Crippen molar-refractivity contribution in [2.24, 2.45) is 0 Å². The summed E-state index contributed by atoms with van der Waals surface area (Å²) in [6, 6.07) is 21.6. The van der Waals surface area contributed by atoms with Crippen LogP contribution < -0.4 is 4.72 Å². The summed E-state index contributed by atoms with van der Waals surface area (Å²) in [5.74, 6) is 0.882. The van der Waals surface area contributed by atoms with E-state index in [9.17, 15) is 0 Å². The van der Waals surface area contributed by atoms with Crippen molar-refractivity contribution in [3.8, 4) is 11.1 Å². The van der Waals surface area contributed by atoms with E-state index in [0.29, 0.717) is 0 Å². The maximum absolute atomic E-state index is 6.48. The van der Waals surface area contributed by atoms with Crippen molar-refractivity contribution in [2.75, 3.05) is 4.72 Å². The first-order valence-electron chi connectivity index (χ1n) is 12.2. The van der Waals surface area contributed by atoms with Gasteiger partial charge in [-0.1, -0.05) is 48.5 Å². The maximum atomic E-state index is 6.48.